The van der Waals surface area contributed by atoms with E-state index in [1.807, 2.05) is 6.92 Å². The Bertz CT molecular complexity index is 459. The number of rotatable bonds is 4. The minimum Gasteiger partial charge on any atom is -0.507 e. The molecule has 0 saturated carbocycles. The summed E-state index contributed by atoms with van der Waals surface area (Å²) in [5.41, 5.74) is 0.106. The number of phenols is 1. The molecule has 1 aliphatic heterocycles. The van der Waals surface area contributed by atoms with Crippen LogP contribution in [0.2, 0.25) is 0 Å². The molecular formula is C14H19FN2O2. The van der Waals surface area contributed by atoms with E-state index in [9.17, 15) is 14.3 Å². The lowest BCUT2D eigenvalue weighted by molar-refractivity contribution is 0.0929. The maximum absolute atomic E-state index is 12.8. The van der Waals surface area contributed by atoms with Gasteiger partial charge in [-0.05, 0) is 45.0 Å². The van der Waals surface area contributed by atoms with Crippen molar-refractivity contribution in [3.8, 4) is 5.75 Å². The molecule has 1 saturated heterocycles. The number of hydrogen-bond donors (Lipinski definition) is 2. The quantitative estimate of drug-likeness (QED) is 0.873. The van der Waals surface area contributed by atoms with Crippen molar-refractivity contribution >= 4 is 5.91 Å². The van der Waals surface area contributed by atoms with Gasteiger partial charge in [0.15, 0.2) is 0 Å². The molecule has 0 aliphatic carbocycles. The smallest absolute Gasteiger partial charge is 0.255 e. The first-order valence-corrected chi connectivity index (χ1v) is 6.58. The van der Waals surface area contributed by atoms with Gasteiger partial charge in [0.1, 0.15) is 11.6 Å². The molecule has 0 aromatic heterocycles. The summed E-state index contributed by atoms with van der Waals surface area (Å²) < 4.78 is 12.8. The number of halogens is 1. The predicted molar refractivity (Wildman–Crippen MR) is 70.7 cm³/mol. The lowest BCUT2D eigenvalue weighted by Gasteiger charge is -2.21. The van der Waals surface area contributed by atoms with Crippen molar-refractivity contribution in [2.45, 2.75) is 25.8 Å². The first kappa shape index (κ1) is 13.8. The van der Waals surface area contributed by atoms with Crippen LogP contribution in [0.25, 0.3) is 0 Å². The number of carbonyl (C=O) groups is 1. The van der Waals surface area contributed by atoms with Crippen LogP contribution >= 0.6 is 0 Å². The van der Waals surface area contributed by atoms with Gasteiger partial charge in [-0.25, -0.2) is 4.39 Å². The number of likely N-dealkylation sites (tertiary alicyclic amines) is 1. The third-order valence-corrected chi connectivity index (χ3v) is 3.31. The molecule has 2 N–H and O–H groups in total. The van der Waals surface area contributed by atoms with E-state index in [4.69, 9.17) is 0 Å². The van der Waals surface area contributed by atoms with Gasteiger partial charge in [0, 0.05) is 18.7 Å². The van der Waals surface area contributed by atoms with E-state index >= 15 is 0 Å². The monoisotopic (exact) mass is 266 g/mol. The minimum atomic E-state index is -0.556. The van der Waals surface area contributed by atoms with Gasteiger partial charge in [-0.3, -0.25) is 4.79 Å². The third kappa shape index (κ3) is 3.67. The Kier molecular flexibility index (Phi) is 4.37. The van der Waals surface area contributed by atoms with Crippen LogP contribution in [-0.4, -0.2) is 41.6 Å². The van der Waals surface area contributed by atoms with Gasteiger partial charge >= 0.3 is 0 Å². The summed E-state index contributed by atoms with van der Waals surface area (Å²) in [6.45, 7) is 4.87. The lowest BCUT2D eigenvalue weighted by atomic mass is 10.1. The molecule has 1 heterocycles. The molecule has 1 fully saturated rings. The van der Waals surface area contributed by atoms with Gasteiger partial charge in [-0.15, -0.1) is 0 Å². The summed E-state index contributed by atoms with van der Waals surface area (Å²) >= 11 is 0. The van der Waals surface area contributed by atoms with Crippen molar-refractivity contribution in [3.63, 3.8) is 0 Å². The largest absolute Gasteiger partial charge is 0.507 e. The predicted octanol–water partition coefficient (Wildman–Crippen LogP) is 1.75. The molecule has 1 atom stereocenters. The molecule has 5 heteroatoms. The molecule has 104 valence electrons. The maximum Gasteiger partial charge on any atom is 0.255 e. The van der Waals surface area contributed by atoms with E-state index in [0.29, 0.717) is 0 Å². The highest BCUT2D eigenvalue weighted by atomic mass is 19.1. The Hall–Kier alpha value is -1.62. The minimum absolute atomic E-state index is 0.00458. The number of nitrogens with zero attached hydrogens (tertiary/aromatic N) is 1. The molecule has 1 unspecified atom stereocenters. The van der Waals surface area contributed by atoms with Crippen LogP contribution in [-0.2, 0) is 0 Å². The molecule has 0 radical (unpaired) electrons. The molecule has 0 bridgehead atoms. The molecule has 1 aromatic rings. The van der Waals surface area contributed by atoms with Crippen LogP contribution < -0.4 is 5.32 Å². The average Bonchev–Trinajstić information content (AvgIpc) is 2.81. The van der Waals surface area contributed by atoms with Crippen molar-refractivity contribution in [3.05, 3.63) is 29.6 Å². The zero-order valence-corrected chi connectivity index (χ0v) is 11.0. The van der Waals surface area contributed by atoms with Crippen LogP contribution in [0.5, 0.6) is 5.75 Å². The number of aromatic hydroxyl groups is 1. The van der Waals surface area contributed by atoms with Gasteiger partial charge < -0.3 is 15.3 Å². The normalized spacial score (nSPS) is 17.4. The van der Waals surface area contributed by atoms with Crippen molar-refractivity contribution in [2.75, 3.05) is 19.6 Å². The van der Waals surface area contributed by atoms with Crippen LogP contribution in [0.1, 0.15) is 30.1 Å². The second-order valence-electron chi connectivity index (χ2n) is 5.04. The molecule has 1 aromatic carbocycles. The standard InChI is InChI=1S/C14H19FN2O2/c1-10(9-17-6-2-3-7-17)16-14(19)12-5-4-11(15)8-13(12)18/h4-5,8,10,18H,2-3,6-7,9H2,1H3,(H,16,19). The SMILES string of the molecule is CC(CN1CCCC1)NC(=O)c1ccc(F)cc1O. The number of phenolic OH excluding ortho intramolecular Hbond substituents is 1. The third-order valence-electron chi connectivity index (χ3n) is 3.31. The summed E-state index contributed by atoms with van der Waals surface area (Å²) in [5.74, 6) is -1.26. The van der Waals surface area contributed by atoms with E-state index in [2.05, 4.69) is 10.2 Å². The number of benzene rings is 1. The van der Waals surface area contributed by atoms with Gasteiger partial charge in [-0.1, -0.05) is 0 Å². The number of hydrogen-bond acceptors (Lipinski definition) is 3. The first-order chi connectivity index (χ1) is 9.06. The molecule has 0 spiro atoms. The summed E-state index contributed by atoms with van der Waals surface area (Å²) in [6, 6.07) is 3.40. The van der Waals surface area contributed by atoms with Crippen molar-refractivity contribution in [2.24, 2.45) is 0 Å². The van der Waals surface area contributed by atoms with Crippen molar-refractivity contribution < 1.29 is 14.3 Å². The fourth-order valence-corrected chi connectivity index (χ4v) is 2.40. The Morgan fingerprint density at radius 2 is 2.16 bits per heavy atom. The second kappa shape index (κ2) is 6.02. The number of nitrogens with one attached hydrogen (secondary N) is 1. The molecule has 4 nitrogen and oxygen atoms in total. The Morgan fingerprint density at radius 1 is 1.47 bits per heavy atom. The summed E-state index contributed by atoms with van der Waals surface area (Å²) in [7, 11) is 0. The lowest BCUT2D eigenvalue weighted by Crippen LogP contribution is -2.41. The van der Waals surface area contributed by atoms with Gasteiger partial charge in [-0.2, -0.15) is 0 Å². The van der Waals surface area contributed by atoms with E-state index in [-0.39, 0.29) is 23.3 Å². The van der Waals surface area contributed by atoms with Crippen LogP contribution in [0, 0.1) is 5.82 Å². The second-order valence-corrected chi connectivity index (χ2v) is 5.04. The van der Waals surface area contributed by atoms with E-state index in [1.54, 1.807) is 0 Å². The maximum atomic E-state index is 12.8. The van der Waals surface area contributed by atoms with Crippen LogP contribution in [0.15, 0.2) is 18.2 Å². The topological polar surface area (TPSA) is 52.6 Å². The highest BCUT2D eigenvalue weighted by Crippen LogP contribution is 2.18. The van der Waals surface area contributed by atoms with Gasteiger partial charge in [0.2, 0.25) is 0 Å². The van der Waals surface area contributed by atoms with Gasteiger partial charge in [0.25, 0.3) is 5.91 Å². The molecular weight excluding hydrogens is 247 g/mol. The fraction of sp³-hybridized carbons (Fsp3) is 0.500. The van der Waals surface area contributed by atoms with Crippen molar-refractivity contribution in [1.82, 2.24) is 10.2 Å². The first-order valence-electron chi connectivity index (χ1n) is 6.58. The van der Waals surface area contributed by atoms with E-state index in [1.165, 1.54) is 25.0 Å². The summed E-state index contributed by atoms with van der Waals surface area (Å²) in [4.78, 5) is 14.2. The Labute approximate surface area is 112 Å². The van der Waals surface area contributed by atoms with Crippen LogP contribution in [0.4, 0.5) is 4.39 Å². The Balaban J connectivity index is 1.92. The number of carbonyl (C=O) groups excluding carboxylic acids is 1. The molecule has 1 amide bonds. The van der Waals surface area contributed by atoms with E-state index < -0.39 is 5.82 Å². The molecule has 2 rings (SSSR count). The Morgan fingerprint density at radius 3 is 2.79 bits per heavy atom. The molecule has 19 heavy (non-hydrogen) atoms. The van der Waals surface area contributed by atoms with Crippen molar-refractivity contribution in [1.29, 1.82) is 0 Å². The molecule has 1 aliphatic rings. The summed E-state index contributed by atoms with van der Waals surface area (Å²) in [6.07, 6.45) is 2.42. The zero-order chi connectivity index (χ0) is 13.8. The van der Waals surface area contributed by atoms with E-state index in [0.717, 1.165) is 25.7 Å². The average molecular weight is 266 g/mol. The highest BCUT2D eigenvalue weighted by Gasteiger charge is 2.18. The highest BCUT2D eigenvalue weighted by molar-refractivity contribution is 5.96. The van der Waals surface area contributed by atoms with Crippen LogP contribution in [0.3, 0.4) is 0 Å². The fourth-order valence-electron chi connectivity index (χ4n) is 2.40. The zero-order valence-electron chi connectivity index (χ0n) is 11.0. The van der Waals surface area contributed by atoms with Gasteiger partial charge in [0.05, 0.1) is 5.56 Å². The number of amides is 1. The summed E-state index contributed by atoms with van der Waals surface area (Å²) in [5, 5.41) is 12.4.